The summed E-state index contributed by atoms with van der Waals surface area (Å²) in [7, 11) is 0. The Kier molecular flexibility index (Phi) is 6.36. The first-order valence-electron chi connectivity index (χ1n) is 12.5. The first-order chi connectivity index (χ1) is 17.0. The average Bonchev–Trinajstić information content (AvgIpc) is 3.46. The Hall–Kier alpha value is -3.55. The fraction of sp³-hybridized carbons (Fsp3) is 0.444. The molecule has 1 fully saturated rings. The minimum Gasteiger partial charge on any atom is -0.494 e. The Bertz CT molecular complexity index is 1180. The maximum atomic E-state index is 13.9. The number of furan rings is 1. The molecule has 0 spiro atoms. The second-order valence-corrected chi connectivity index (χ2v) is 9.55. The summed E-state index contributed by atoms with van der Waals surface area (Å²) in [4.78, 5) is 29.4. The highest BCUT2D eigenvalue weighted by Gasteiger charge is 2.49. The van der Waals surface area contributed by atoms with E-state index in [9.17, 15) is 9.59 Å². The van der Waals surface area contributed by atoms with Crippen LogP contribution in [0, 0.1) is 0 Å². The molecule has 8 nitrogen and oxygen atoms in total. The lowest BCUT2D eigenvalue weighted by atomic mass is 9.93. The van der Waals surface area contributed by atoms with Gasteiger partial charge in [-0.15, -0.1) is 0 Å². The van der Waals surface area contributed by atoms with Gasteiger partial charge < -0.3 is 14.5 Å². The molecule has 1 atom stereocenters. The first-order valence-corrected chi connectivity index (χ1v) is 12.5. The van der Waals surface area contributed by atoms with Crippen molar-refractivity contribution in [2.75, 3.05) is 11.5 Å². The molecule has 8 heteroatoms. The number of hydrogen-bond acceptors (Lipinski definition) is 5. The molecule has 2 aromatic heterocycles. The Morgan fingerprint density at radius 1 is 1.17 bits per heavy atom. The minimum atomic E-state index is -1.16. The number of nitrogens with one attached hydrogen (secondary N) is 1. The largest absolute Gasteiger partial charge is 0.494 e. The van der Waals surface area contributed by atoms with Crippen LogP contribution >= 0.6 is 0 Å². The van der Waals surface area contributed by atoms with Crippen LogP contribution in [0.25, 0.3) is 11.5 Å². The van der Waals surface area contributed by atoms with Crippen molar-refractivity contribution in [1.82, 2.24) is 15.1 Å². The molecule has 0 radical (unpaired) electrons. The highest BCUT2D eigenvalue weighted by molar-refractivity contribution is 6.12. The number of anilines is 1. The number of amides is 2. The molecule has 1 N–H and O–H groups in total. The van der Waals surface area contributed by atoms with E-state index in [1.54, 1.807) is 34.0 Å². The van der Waals surface area contributed by atoms with Crippen molar-refractivity contribution in [2.45, 2.75) is 70.5 Å². The molecule has 1 saturated carbocycles. The van der Waals surface area contributed by atoms with E-state index in [2.05, 4.69) is 10.4 Å². The number of ether oxygens (including phenoxy) is 1. The van der Waals surface area contributed by atoms with Gasteiger partial charge >= 0.3 is 0 Å². The van der Waals surface area contributed by atoms with Crippen LogP contribution in [0.1, 0.15) is 62.9 Å². The number of benzene rings is 1. The van der Waals surface area contributed by atoms with Gasteiger partial charge in [-0.2, -0.15) is 5.10 Å². The summed E-state index contributed by atoms with van der Waals surface area (Å²) in [6, 6.07) is 12.8. The van der Waals surface area contributed by atoms with Crippen LogP contribution < -0.4 is 15.0 Å². The van der Waals surface area contributed by atoms with Crippen LogP contribution in [0.5, 0.6) is 5.75 Å². The minimum absolute atomic E-state index is 0.122. The Morgan fingerprint density at radius 3 is 2.57 bits per heavy atom. The Balaban J connectivity index is 1.52. The van der Waals surface area contributed by atoms with Gasteiger partial charge in [-0.3, -0.25) is 19.2 Å². The van der Waals surface area contributed by atoms with E-state index in [1.807, 2.05) is 38.1 Å². The fourth-order valence-corrected chi connectivity index (χ4v) is 5.15. The predicted molar refractivity (Wildman–Crippen MR) is 132 cm³/mol. The molecule has 2 aliphatic rings. The van der Waals surface area contributed by atoms with Crippen molar-refractivity contribution in [2.24, 2.45) is 0 Å². The smallest absolute Gasteiger partial charge is 0.277 e. The van der Waals surface area contributed by atoms with E-state index >= 15 is 0 Å². The molecular formula is C27H32N4O4. The summed E-state index contributed by atoms with van der Waals surface area (Å²) in [6.45, 7) is 4.54. The molecule has 0 bridgehead atoms. The van der Waals surface area contributed by atoms with Gasteiger partial charge in [-0.05, 0) is 63.1 Å². The topological polar surface area (TPSA) is 89.6 Å². The van der Waals surface area contributed by atoms with Crippen molar-refractivity contribution in [3.63, 3.8) is 0 Å². The summed E-state index contributed by atoms with van der Waals surface area (Å²) in [5.74, 6) is 0.865. The summed E-state index contributed by atoms with van der Waals surface area (Å²) in [5.41, 5.74) is 0.475. The monoisotopic (exact) mass is 476 g/mol. The van der Waals surface area contributed by atoms with E-state index in [-0.39, 0.29) is 24.4 Å². The van der Waals surface area contributed by atoms with Gasteiger partial charge in [0.25, 0.3) is 5.91 Å². The highest BCUT2D eigenvalue weighted by atomic mass is 16.5. The van der Waals surface area contributed by atoms with Crippen molar-refractivity contribution >= 4 is 17.5 Å². The van der Waals surface area contributed by atoms with Gasteiger partial charge in [0.15, 0.2) is 5.76 Å². The van der Waals surface area contributed by atoms with E-state index in [0.29, 0.717) is 29.4 Å². The number of fused-ring (bicyclic) bond motifs is 1. The normalized spacial score (nSPS) is 20.9. The highest BCUT2D eigenvalue weighted by Crippen LogP contribution is 2.35. The zero-order valence-electron chi connectivity index (χ0n) is 20.3. The van der Waals surface area contributed by atoms with Crippen LogP contribution in [0.3, 0.4) is 0 Å². The van der Waals surface area contributed by atoms with Gasteiger partial charge in [0, 0.05) is 17.8 Å². The molecular weight excluding hydrogens is 444 g/mol. The van der Waals surface area contributed by atoms with Crippen molar-refractivity contribution < 1.29 is 18.7 Å². The molecule has 1 aliphatic heterocycles. The Labute approximate surface area is 205 Å². The van der Waals surface area contributed by atoms with Gasteiger partial charge in [0.05, 0.1) is 19.4 Å². The van der Waals surface area contributed by atoms with Crippen molar-refractivity contribution in [3.05, 3.63) is 54.4 Å². The molecule has 1 aliphatic carbocycles. The number of carbonyl (C=O) groups excluding carboxylic acids is 2. The third kappa shape index (κ3) is 4.45. The number of nitrogens with zero attached hydrogens (tertiary/aromatic N) is 3. The zero-order chi connectivity index (χ0) is 24.4. The van der Waals surface area contributed by atoms with E-state index in [4.69, 9.17) is 9.15 Å². The first kappa shape index (κ1) is 23.2. The summed E-state index contributed by atoms with van der Waals surface area (Å²) < 4.78 is 12.7. The summed E-state index contributed by atoms with van der Waals surface area (Å²) >= 11 is 0. The van der Waals surface area contributed by atoms with E-state index in [0.717, 1.165) is 31.4 Å². The molecule has 184 valence electrons. The standard InChI is InChI=1S/C27H32N4O4/c1-3-34-21-14-12-20(13-15-21)31-25(32)23-17-22(24-11-8-16-35-24)29-30(23)18-27(31,2)26(33)28-19-9-6-4-5-7-10-19/h8,11-17,19H,3-7,9-10,18H2,1-2H3,(H,28,33). The lowest BCUT2D eigenvalue weighted by molar-refractivity contribution is -0.127. The van der Waals surface area contributed by atoms with Gasteiger partial charge in [-0.25, -0.2) is 0 Å². The third-order valence-electron chi connectivity index (χ3n) is 7.01. The fourth-order valence-electron chi connectivity index (χ4n) is 5.15. The average molecular weight is 477 g/mol. The maximum absolute atomic E-state index is 13.9. The molecule has 1 unspecified atom stereocenters. The summed E-state index contributed by atoms with van der Waals surface area (Å²) in [5, 5.41) is 7.89. The second-order valence-electron chi connectivity index (χ2n) is 9.55. The third-order valence-corrected chi connectivity index (χ3v) is 7.01. The van der Waals surface area contributed by atoms with Crippen LogP contribution in [0.15, 0.2) is 53.1 Å². The van der Waals surface area contributed by atoms with Crippen LogP contribution in [0.2, 0.25) is 0 Å². The molecule has 35 heavy (non-hydrogen) atoms. The quantitative estimate of drug-likeness (QED) is 0.516. The zero-order valence-corrected chi connectivity index (χ0v) is 20.3. The lowest BCUT2D eigenvalue weighted by Gasteiger charge is -2.43. The molecule has 0 saturated heterocycles. The number of aromatic nitrogens is 2. The van der Waals surface area contributed by atoms with Crippen LogP contribution in [-0.2, 0) is 11.3 Å². The number of hydrogen-bond donors (Lipinski definition) is 1. The second kappa shape index (κ2) is 9.60. The van der Waals surface area contributed by atoms with E-state index in [1.165, 1.54) is 12.8 Å². The molecule has 3 heterocycles. The molecule has 3 aromatic rings. The Morgan fingerprint density at radius 2 is 1.91 bits per heavy atom. The summed E-state index contributed by atoms with van der Waals surface area (Å²) in [6.07, 6.45) is 8.13. The van der Waals surface area contributed by atoms with Crippen LogP contribution in [-0.4, -0.2) is 39.8 Å². The number of rotatable bonds is 6. The van der Waals surface area contributed by atoms with Gasteiger partial charge in [0.1, 0.15) is 22.7 Å². The van der Waals surface area contributed by atoms with Gasteiger partial charge in [-0.1, -0.05) is 25.7 Å². The van der Waals surface area contributed by atoms with Crippen molar-refractivity contribution in [3.8, 4) is 17.2 Å². The number of carbonyl (C=O) groups is 2. The molecule has 2 amide bonds. The van der Waals surface area contributed by atoms with Gasteiger partial charge in [0.2, 0.25) is 5.91 Å². The van der Waals surface area contributed by atoms with Crippen molar-refractivity contribution in [1.29, 1.82) is 0 Å². The van der Waals surface area contributed by atoms with E-state index < -0.39 is 5.54 Å². The lowest BCUT2D eigenvalue weighted by Crippen LogP contribution is -2.65. The predicted octanol–water partition coefficient (Wildman–Crippen LogP) is 4.80. The SMILES string of the molecule is CCOc1ccc(N2C(=O)c3cc(-c4ccco4)nn3CC2(C)C(=O)NC2CCCCCC2)cc1. The molecule has 5 rings (SSSR count). The van der Waals surface area contributed by atoms with Crippen LogP contribution in [0.4, 0.5) is 5.69 Å². The maximum Gasteiger partial charge on any atom is 0.277 e. The molecule has 1 aromatic carbocycles.